The van der Waals surface area contributed by atoms with Crippen LogP contribution in [0.15, 0.2) is 0 Å². The third-order valence-electron chi connectivity index (χ3n) is 5.43. The van der Waals surface area contributed by atoms with Gasteiger partial charge in [-0.3, -0.25) is 9.69 Å². The summed E-state index contributed by atoms with van der Waals surface area (Å²) in [7, 11) is 0. The molecular formula is C17H32N2O2. The van der Waals surface area contributed by atoms with Gasteiger partial charge < -0.3 is 10.0 Å². The Kier molecular flexibility index (Phi) is 5.67. The predicted molar refractivity (Wildman–Crippen MR) is 85.1 cm³/mol. The van der Waals surface area contributed by atoms with Crippen LogP contribution in [-0.2, 0) is 4.79 Å². The lowest BCUT2D eigenvalue weighted by Crippen LogP contribution is -2.51. The number of β-amino-alcohol motifs (C(OH)–C–C–N with tert-alkyl or cyclic N) is 1. The van der Waals surface area contributed by atoms with Crippen molar-refractivity contribution in [3.8, 4) is 0 Å². The quantitative estimate of drug-likeness (QED) is 0.846. The fourth-order valence-electron chi connectivity index (χ4n) is 3.88. The van der Waals surface area contributed by atoms with Crippen LogP contribution in [-0.4, -0.2) is 58.6 Å². The van der Waals surface area contributed by atoms with Gasteiger partial charge in [0.05, 0.1) is 11.6 Å². The molecule has 1 heterocycles. The number of likely N-dealkylation sites (tertiary alicyclic amines) is 1. The van der Waals surface area contributed by atoms with Gasteiger partial charge in [0.2, 0.25) is 5.91 Å². The Morgan fingerprint density at radius 1 is 1.24 bits per heavy atom. The van der Waals surface area contributed by atoms with E-state index >= 15 is 0 Å². The van der Waals surface area contributed by atoms with Crippen LogP contribution < -0.4 is 0 Å². The van der Waals surface area contributed by atoms with Crippen molar-refractivity contribution in [3.63, 3.8) is 0 Å². The second-order valence-corrected chi connectivity index (χ2v) is 7.05. The minimum Gasteiger partial charge on any atom is -0.389 e. The Balaban J connectivity index is 1.97. The van der Waals surface area contributed by atoms with E-state index in [4.69, 9.17) is 0 Å². The first-order valence-electron chi connectivity index (χ1n) is 8.74. The summed E-state index contributed by atoms with van der Waals surface area (Å²) in [6.07, 6.45) is 6.01. The summed E-state index contributed by atoms with van der Waals surface area (Å²) >= 11 is 0. The van der Waals surface area contributed by atoms with Crippen molar-refractivity contribution in [1.82, 2.24) is 9.80 Å². The molecule has 2 aliphatic rings. The van der Waals surface area contributed by atoms with Crippen molar-refractivity contribution in [2.24, 2.45) is 5.92 Å². The molecule has 1 aliphatic heterocycles. The highest BCUT2D eigenvalue weighted by molar-refractivity contribution is 5.82. The maximum absolute atomic E-state index is 12.6. The summed E-state index contributed by atoms with van der Waals surface area (Å²) in [5.41, 5.74) is -0.571. The number of carbonyl (C=O) groups excluding carboxylic acids is 1. The first kappa shape index (κ1) is 16.8. The third kappa shape index (κ3) is 3.98. The Morgan fingerprint density at radius 2 is 1.86 bits per heavy atom. The summed E-state index contributed by atoms with van der Waals surface area (Å²) in [5.74, 6) is 0.988. The first-order chi connectivity index (χ1) is 9.99. The average molecular weight is 296 g/mol. The molecule has 2 fully saturated rings. The molecule has 4 heteroatoms. The van der Waals surface area contributed by atoms with Gasteiger partial charge in [-0.1, -0.05) is 6.92 Å². The largest absolute Gasteiger partial charge is 0.389 e. The van der Waals surface area contributed by atoms with Gasteiger partial charge in [-0.2, -0.15) is 0 Å². The molecule has 2 rings (SSSR count). The second-order valence-electron chi connectivity index (χ2n) is 7.05. The lowest BCUT2D eigenvalue weighted by Gasteiger charge is -2.39. The van der Waals surface area contributed by atoms with Gasteiger partial charge in [0.1, 0.15) is 0 Å². The first-order valence-corrected chi connectivity index (χ1v) is 8.74. The summed E-state index contributed by atoms with van der Waals surface area (Å²) in [4.78, 5) is 16.8. The Bertz CT molecular complexity index is 347. The van der Waals surface area contributed by atoms with E-state index in [0.717, 1.165) is 64.1 Å². The maximum Gasteiger partial charge on any atom is 0.239 e. The van der Waals surface area contributed by atoms with Gasteiger partial charge >= 0.3 is 0 Å². The SMILES string of the molecule is CCN(CC)C(=O)C1CCCN1CC1(O)CCC(C)CC1. The van der Waals surface area contributed by atoms with E-state index in [-0.39, 0.29) is 11.9 Å². The lowest BCUT2D eigenvalue weighted by atomic mass is 9.79. The highest BCUT2D eigenvalue weighted by atomic mass is 16.3. The molecule has 1 N–H and O–H groups in total. The fourth-order valence-corrected chi connectivity index (χ4v) is 3.88. The molecule has 0 aromatic heterocycles. The Hall–Kier alpha value is -0.610. The van der Waals surface area contributed by atoms with Crippen molar-refractivity contribution >= 4 is 5.91 Å². The van der Waals surface area contributed by atoms with Crippen LogP contribution in [0.1, 0.15) is 59.3 Å². The van der Waals surface area contributed by atoms with Gasteiger partial charge in [-0.05, 0) is 64.8 Å². The summed E-state index contributed by atoms with van der Waals surface area (Å²) in [5, 5.41) is 10.8. The fraction of sp³-hybridized carbons (Fsp3) is 0.941. The normalized spacial score (nSPS) is 34.1. The molecule has 0 aromatic rings. The monoisotopic (exact) mass is 296 g/mol. The van der Waals surface area contributed by atoms with Crippen LogP contribution in [0.2, 0.25) is 0 Å². The van der Waals surface area contributed by atoms with Gasteiger partial charge in [0, 0.05) is 19.6 Å². The predicted octanol–water partition coefficient (Wildman–Crippen LogP) is 2.26. The number of hydrogen-bond donors (Lipinski definition) is 1. The molecule has 0 aromatic carbocycles. The Morgan fingerprint density at radius 3 is 2.43 bits per heavy atom. The molecule has 1 aliphatic carbocycles. The molecular weight excluding hydrogens is 264 g/mol. The standard InChI is InChI=1S/C17H32N2O2/c1-4-18(5-2)16(20)15-7-6-12-19(15)13-17(21)10-8-14(3)9-11-17/h14-15,21H,4-13H2,1-3H3. The number of likely N-dealkylation sites (N-methyl/N-ethyl adjacent to an activating group) is 1. The number of rotatable bonds is 5. The van der Waals surface area contributed by atoms with Crippen LogP contribution in [0.3, 0.4) is 0 Å². The molecule has 21 heavy (non-hydrogen) atoms. The molecule has 1 unspecified atom stereocenters. The van der Waals surface area contributed by atoms with Crippen LogP contribution in [0, 0.1) is 5.92 Å². The van der Waals surface area contributed by atoms with Crippen molar-refractivity contribution < 1.29 is 9.90 Å². The molecule has 1 amide bonds. The Labute approximate surface area is 129 Å². The zero-order valence-corrected chi connectivity index (χ0v) is 14.0. The smallest absolute Gasteiger partial charge is 0.239 e. The lowest BCUT2D eigenvalue weighted by molar-refractivity contribution is -0.137. The van der Waals surface area contributed by atoms with E-state index in [0.29, 0.717) is 6.54 Å². The van der Waals surface area contributed by atoms with E-state index in [1.807, 2.05) is 18.7 Å². The van der Waals surface area contributed by atoms with E-state index in [1.54, 1.807) is 0 Å². The van der Waals surface area contributed by atoms with Gasteiger partial charge in [-0.25, -0.2) is 0 Å². The van der Waals surface area contributed by atoms with Gasteiger partial charge in [-0.15, -0.1) is 0 Å². The molecule has 122 valence electrons. The second kappa shape index (κ2) is 7.10. The van der Waals surface area contributed by atoms with Crippen LogP contribution in [0.4, 0.5) is 0 Å². The zero-order valence-electron chi connectivity index (χ0n) is 14.0. The summed E-state index contributed by atoms with van der Waals surface area (Å²) < 4.78 is 0. The van der Waals surface area contributed by atoms with E-state index in [1.165, 1.54) is 0 Å². The number of hydrogen-bond acceptors (Lipinski definition) is 3. The molecule has 0 radical (unpaired) electrons. The van der Waals surface area contributed by atoms with Crippen LogP contribution in [0.5, 0.6) is 0 Å². The van der Waals surface area contributed by atoms with Gasteiger partial charge in [0.25, 0.3) is 0 Å². The number of aliphatic hydroxyl groups is 1. The zero-order chi connectivity index (χ0) is 15.5. The van der Waals surface area contributed by atoms with E-state index in [2.05, 4.69) is 11.8 Å². The van der Waals surface area contributed by atoms with Gasteiger partial charge in [0.15, 0.2) is 0 Å². The van der Waals surface area contributed by atoms with E-state index in [9.17, 15) is 9.90 Å². The van der Waals surface area contributed by atoms with Crippen LogP contribution >= 0.6 is 0 Å². The minimum absolute atomic E-state index is 0.00623. The summed E-state index contributed by atoms with van der Waals surface area (Å²) in [6, 6.07) is -0.00623. The highest BCUT2D eigenvalue weighted by Gasteiger charge is 2.39. The number of amides is 1. The molecule has 1 atom stereocenters. The van der Waals surface area contributed by atoms with Crippen molar-refractivity contribution in [3.05, 3.63) is 0 Å². The topological polar surface area (TPSA) is 43.8 Å². The molecule has 0 spiro atoms. The van der Waals surface area contributed by atoms with Crippen molar-refractivity contribution in [2.75, 3.05) is 26.2 Å². The van der Waals surface area contributed by atoms with E-state index < -0.39 is 5.60 Å². The average Bonchev–Trinajstić information content (AvgIpc) is 2.91. The molecule has 1 saturated carbocycles. The maximum atomic E-state index is 12.6. The summed E-state index contributed by atoms with van der Waals surface area (Å²) in [6.45, 7) is 9.53. The van der Waals surface area contributed by atoms with Crippen LogP contribution in [0.25, 0.3) is 0 Å². The van der Waals surface area contributed by atoms with Crippen molar-refractivity contribution in [1.29, 1.82) is 0 Å². The molecule has 1 saturated heterocycles. The number of carbonyl (C=O) groups is 1. The third-order valence-corrected chi connectivity index (χ3v) is 5.43. The van der Waals surface area contributed by atoms with Crippen molar-refractivity contribution in [2.45, 2.75) is 70.9 Å². The minimum atomic E-state index is -0.571. The molecule has 4 nitrogen and oxygen atoms in total. The molecule has 0 bridgehead atoms. The number of nitrogens with zero attached hydrogens (tertiary/aromatic N) is 2. The highest BCUT2D eigenvalue weighted by Crippen LogP contribution is 2.34.